The Morgan fingerprint density at radius 3 is 2.38 bits per heavy atom. The second-order valence-electron chi connectivity index (χ2n) is 10.1. The van der Waals surface area contributed by atoms with E-state index in [9.17, 15) is 9.18 Å². The minimum Gasteiger partial charge on any atom is -0.488 e. The molecular formula is C27H36FNO3. The van der Waals surface area contributed by atoms with Crippen LogP contribution in [0.5, 0.6) is 5.75 Å². The highest BCUT2D eigenvalue weighted by Crippen LogP contribution is 2.45. The lowest BCUT2D eigenvalue weighted by atomic mass is 9.66. The number of benzene rings is 2. The minimum atomic E-state index is -0.283. The van der Waals surface area contributed by atoms with Crippen LogP contribution in [0.4, 0.5) is 4.39 Å². The molecule has 174 valence electrons. The van der Waals surface area contributed by atoms with Crippen LogP contribution in [0.2, 0.25) is 0 Å². The van der Waals surface area contributed by atoms with Gasteiger partial charge in [-0.2, -0.15) is 0 Å². The lowest BCUT2D eigenvalue weighted by molar-refractivity contribution is -0.0978. The number of nitrogens with one attached hydrogen (secondary N) is 1. The van der Waals surface area contributed by atoms with Gasteiger partial charge in [0.25, 0.3) is 5.91 Å². The zero-order chi connectivity index (χ0) is 23.4. The normalized spacial score (nSPS) is 23.6. The Morgan fingerprint density at radius 1 is 1.12 bits per heavy atom. The average Bonchev–Trinajstić information content (AvgIpc) is 2.73. The molecule has 4 nitrogen and oxygen atoms in total. The topological polar surface area (TPSA) is 47.6 Å². The first-order chi connectivity index (χ1) is 15.0. The molecule has 2 aromatic rings. The molecule has 0 spiro atoms. The molecule has 0 radical (unpaired) electrons. The molecule has 1 saturated heterocycles. The van der Waals surface area contributed by atoms with Gasteiger partial charge >= 0.3 is 0 Å². The molecule has 0 aliphatic carbocycles. The van der Waals surface area contributed by atoms with Gasteiger partial charge in [-0.3, -0.25) is 4.79 Å². The van der Waals surface area contributed by atoms with Crippen molar-refractivity contribution in [3.8, 4) is 5.75 Å². The summed E-state index contributed by atoms with van der Waals surface area (Å²) >= 11 is 0. The van der Waals surface area contributed by atoms with Gasteiger partial charge in [0.1, 0.15) is 17.2 Å². The predicted molar refractivity (Wildman–Crippen MR) is 126 cm³/mol. The van der Waals surface area contributed by atoms with Crippen molar-refractivity contribution in [3.05, 3.63) is 65.5 Å². The van der Waals surface area contributed by atoms with Crippen molar-refractivity contribution < 1.29 is 18.7 Å². The highest BCUT2D eigenvalue weighted by molar-refractivity contribution is 5.94. The second kappa shape index (κ2) is 9.62. The van der Waals surface area contributed by atoms with Crippen LogP contribution in [0.1, 0.15) is 76.2 Å². The molecule has 32 heavy (non-hydrogen) atoms. The number of hydrogen-bond donors (Lipinski definition) is 1. The Labute approximate surface area is 191 Å². The summed E-state index contributed by atoms with van der Waals surface area (Å²) in [6, 6.07) is 14.0. The molecule has 1 aliphatic heterocycles. The van der Waals surface area contributed by atoms with Crippen molar-refractivity contribution in [2.75, 3.05) is 13.2 Å². The van der Waals surface area contributed by atoms with Crippen LogP contribution in [0.15, 0.2) is 48.5 Å². The van der Waals surface area contributed by atoms with Crippen LogP contribution < -0.4 is 10.1 Å². The monoisotopic (exact) mass is 441 g/mol. The van der Waals surface area contributed by atoms with Crippen molar-refractivity contribution in [2.24, 2.45) is 0 Å². The number of ether oxygens (including phenoxy) is 2. The van der Waals surface area contributed by atoms with Gasteiger partial charge < -0.3 is 14.8 Å². The van der Waals surface area contributed by atoms with E-state index >= 15 is 0 Å². The largest absolute Gasteiger partial charge is 0.488 e. The van der Waals surface area contributed by atoms with E-state index in [1.807, 2.05) is 45.0 Å². The quantitative estimate of drug-likeness (QED) is 0.570. The van der Waals surface area contributed by atoms with Crippen LogP contribution in [0.25, 0.3) is 0 Å². The highest BCUT2D eigenvalue weighted by atomic mass is 19.1. The number of carbonyl (C=O) groups is 1. The smallest absolute Gasteiger partial charge is 0.251 e. The number of halogens is 1. The van der Waals surface area contributed by atoms with Crippen molar-refractivity contribution >= 4 is 5.91 Å². The van der Waals surface area contributed by atoms with Crippen LogP contribution in [0, 0.1) is 5.82 Å². The van der Waals surface area contributed by atoms with Gasteiger partial charge in [-0.25, -0.2) is 4.39 Å². The maximum atomic E-state index is 13.6. The first-order valence-corrected chi connectivity index (χ1v) is 11.5. The molecule has 2 atom stereocenters. The van der Waals surface area contributed by atoms with E-state index in [4.69, 9.17) is 9.47 Å². The van der Waals surface area contributed by atoms with E-state index in [-0.39, 0.29) is 28.3 Å². The first-order valence-electron chi connectivity index (χ1n) is 11.5. The molecule has 2 aromatic carbocycles. The number of hydrogen-bond acceptors (Lipinski definition) is 3. The van der Waals surface area contributed by atoms with Gasteiger partial charge in [0, 0.05) is 24.1 Å². The lowest BCUT2D eigenvalue weighted by Gasteiger charge is -2.47. The number of carbonyl (C=O) groups excluding carboxylic acids is 1. The van der Waals surface area contributed by atoms with Gasteiger partial charge in [0.2, 0.25) is 0 Å². The zero-order valence-electron chi connectivity index (χ0n) is 20.0. The molecule has 0 aromatic heterocycles. The molecule has 3 rings (SSSR count). The van der Waals surface area contributed by atoms with Crippen LogP contribution in [-0.4, -0.2) is 30.3 Å². The molecule has 0 unspecified atom stereocenters. The molecule has 1 amide bonds. The lowest BCUT2D eigenvalue weighted by Crippen LogP contribution is -2.47. The molecule has 0 saturated carbocycles. The van der Waals surface area contributed by atoms with Crippen molar-refractivity contribution in [1.29, 1.82) is 0 Å². The van der Waals surface area contributed by atoms with E-state index in [1.54, 1.807) is 12.1 Å². The summed E-state index contributed by atoms with van der Waals surface area (Å²) in [6.07, 6.45) is 3.37. The van der Waals surface area contributed by atoms with Crippen LogP contribution >= 0.6 is 0 Å². The van der Waals surface area contributed by atoms with Gasteiger partial charge in [0.05, 0.1) is 5.60 Å². The summed E-state index contributed by atoms with van der Waals surface area (Å²) in [7, 11) is 0. The van der Waals surface area contributed by atoms with E-state index in [2.05, 4.69) is 19.2 Å². The maximum absolute atomic E-state index is 13.6. The average molecular weight is 442 g/mol. The molecular weight excluding hydrogens is 405 g/mol. The maximum Gasteiger partial charge on any atom is 0.251 e. The van der Waals surface area contributed by atoms with Crippen molar-refractivity contribution in [1.82, 2.24) is 5.32 Å². The van der Waals surface area contributed by atoms with Gasteiger partial charge in [0.15, 0.2) is 0 Å². The fraction of sp³-hybridized carbons (Fsp3) is 0.519. The standard InChI is InChI=1S/C27H36FNO3/c1-6-26(5)19-27(16-18-31-26,21-9-11-22(28)12-10-21)15-17-29-24(30)20-7-13-23(14-8-20)32-25(2,3)4/h7-14H,6,15-19H2,1-5H3,(H,29,30)/t26-,27+/m1/s1. The Balaban J connectivity index is 1.69. The summed E-state index contributed by atoms with van der Waals surface area (Å²) in [5, 5.41) is 3.07. The summed E-state index contributed by atoms with van der Waals surface area (Å²) in [5.74, 6) is 0.402. The van der Waals surface area contributed by atoms with E-state index < -0.39 is 0 Å². The summed E-state index contributed by atoms with van der Waals surface area (Å²) in [6.45, 7) is 11.4. The number of rotatable bonds is 7. The first kappa shape index (κ1) is 24.2. The van der Waals surface area contributed by atoms with Gasteiger partial charge in [-0.1, -0.05) is 19.1 Å². The third-order valence-corrected chi connectivity index (χ3v) is 6.38. The Hall–Kier alpha value is -2.40. The SMILES string of the molecule is CC[C@]1(C)C[C@@](CCNC(=O)c2ccc(OC(C)(C)C)cc2)(c2ccc(F)cc2)CCO1. The number of amides is 1. The minimum absolute atomic E-state index is 0.105. The Bertz CT molecular complexity index is 904. The molecule has 1 fully saturated rings. The zero-order valence-corrected chi connectivity index (χ0v) is 20.0. The summed E-state index contributed by atoms with van der Waals surface area (Å²) < 4.78 is 25.5. The highest BCUT2D eigenvalue weighted by Gasteiger charge is 2.43. The fourth-order valence-corrected chi connectivity index (χ4v) is 4.53. The molecule has 5 heteroatoms. The molecule has 1 aliphatic rings. The van der Waals surface area contributed by atoms with Crippen molar-refractivity contribution in [3.63, 3.8) is 0 Å². The molecule has 1 N–H and O–H groups in total. The van der Waals surface area contributed by atoms with Gasteiger partial charge in [-0.05, 0) is 95.3 Å². The van der Waals surface area contributed by atoms with E-state index in [1.165, 1.54) is 12.1 Å². The third-order valence-electron chi connectivity index (χ3n) is 6.38. The summed E-state index contributed by atoms with van der Waals surface area (Å²) in [5.41, 5.74) is 1.05. The third kappa shape index (κ3) is 6.10. The Kier molecular flexibility index (Phi) is 7.29. The summed E-state index contributed by atoms with van der Waals surface area (Å²) in [4.78, 5) is 12.7. The van der Waals surface area contributed by atoms with Crippen molar-refractivity contribution in [2.45, 2.75) is 76.9 Å². The van der Waals surface area contributed by atoms with Gasteiger partial charge in [-0.15, -0.1) is 0 Å². The van der Waals surface area contributed by atoms with E-state index in [0.29, 0.717) is 18.7 Å². The molecule has 0 bridgehead atoms. The second-order valence-corrected chi connectivity index (χ2v) is 10.1. The van der Waals surface area contributed by atoms with Crippen LogP contribution in [0.3, 0.4) is 0 Å². The van der Waals surface area contributed by atoms with E-state index in [0.717, 1.165) is 37.0 Å². The van der Waals surface area contributed by atoms with Crippen LogP contribution in [-0.2, 0) is 10.2 Å². The predicted octanol–water partition coefficient (Wildman–Crippen LogP) is 6.04. The molecule has 1 heterocycles. The Morgan fingerprint density at radius 2 is 1.78 bits per heavy atom. The fourth-order valence-electron chi connectivity index (χ4n) is 4.53.